The summed E-state index contributed by atoms with van der Waals surface area (Å²) in [7, 11) is 0. The van der Waals surface area contributed by atoms with Gasteiger partial charge < -0.3 is 0 Å². The third kappa shape index (κ3) is 5.49. The molecule has 0 aromatic carbocycles. The Morgan fingerprint density at radius 2 is 2.06 bits per heavy atom. The van der Waals surface area contributed by atoms with E-state index in [4.69, 9.17) is 0 Å². The van der Waals surface area contributed by atoms with Crippen LogP contribution in [0, 0.1) is 0 Å². The smallest absolute Gasteiger partial charge is 0.273 e. The van der Waals surface area contributed by atoms with E-state index in [9.17, 15) is 9.59 Å². The number of thiophene rings is 1. The van der Waals surface area contributed by atoms with Crippen LogP contribution in [0.2, 0.25) is 0 Å². The van der Waals surface area contributed by atoms with Crippen molar-refractivity contribution in [3.8, 4) is 0 Å². The Bertz CT molecular complexity index is 349. The van der Waals surface area contributed by atoms with Gasteiger partial charge in [0.1, 0.15) is 0 Å². The fourth-order valence-corrected chi connectivity index (χ4v) is 1.99. The average molecular weight is 254 g/mol. The summed E-state index contributed by atoms with van der Waals surface area (Å²) in [6.07, 6.45) is 4.69. The van der Waals surface area contributed by atoms with Crippen LogP contribution in [0.5, 0.6) is 0 Å². The molecule has 0 saturated carbocycles. The Labute approximate surface area is 105 Å². The van der Waals surface area contributed by atoms with Crippen molar-refractivity contribution in [2.45, 2.75) is 39.0 Å². The molecule has 17 heavy (non-hydrogen) atoms. The van der Waals surface area contributed by atoms with Crippen molar-refractivity contribution in [2.24, 2.45) is 0 Å². The lowest BCUT2D eigenvalue weighted by molar-refractivity contribution is -0.121. The molecule has 0 bridgehead atoms. The van der Waals surface area contributed by atoms with E-state index in [-0.39, 0.29) is 11.8 Å². The molecular weight excluding hydrogens is 236 g/mol. The standard InChI is InChI=1S/C12H18N2O2S/c1-2-3-4-5-8-11(15)13-14-12(16)10-7-6-9-17-10/h6-7,9H,2-5,8H2,1H3,(H,13,15)(H,14,16). The molecule has 5 heteroatoms. The molecule has 0 aliphatic carbocycles. The third-order valence-corrected chi connectivity index (χ3v) is 3.19. The van der Waals surface area contributed by atoms with Crippen LogP contribution in [0.3, 0.4) is 0 Å². The van der Waals surface area contributed by atoms with Gasteiger partial charge in [-0.1, -0.05) is 32.3 Å². The highest BCUT2D eigenvalue weighted by molar-refractivity contribution is 7.12. The lowest BCUT2D eigenvalue weighted by Crippen LogP contribution is -2.41. The van der Waals surface area contributed by atoms with Crippen molar-refractivity contribution >= 4 is 23.2 Å². The van der Waals surface area contributed by atoms with E-state index in [1.807, 2.05) is 5.38 Å². The third-order valence-electron chi connectivity index (χ3n) is 2.32. The molecule has 0 spiro atoms. The number of carbonyl (C=O) groups is 2. The Kier molecular flexibility index (Phi) is 6.32. The van der Waals surface area contributed by atoms with Crippen molar-refractivity contribution in [2.75, 3.05) is 0 Å². The van der Waals surface area contributed by atoms with Gasteiger partial charge in [0.15, 0.2) is 0 Å². The zero-order valence-electron chi connectivity index (χ0n) is 9.99. The van der Waals surface area contributed by atoms with Gasteiger partial charge in [-0.05, 0) is 17.9 Å². The molecule has 0 radical (unpaired) electrons. The molecule has 1 aromatic heterocycles. The fourth-order valence-electron chi connectivity index (χ4n) is 1.37. The highest BCUT2D eigenvalue weighted by Crippen LogP contribution is 2.07. The lowest BCUT2D eigenvalue weighted by atomic mass is 10.1. The predicted molar refractivity (Wildman–Crippen MR) is 68.7 cm³/mol. The monoisotopic (exact) mass is 254 g/mol. The van der Waals surface area contributed by atoms with Crippen molar-refractivity contribution in [1.29, 1.82) is 0 Å². The fraction of sp³-hybridized carbons (Fsp3) is 0.500. The number of hydrogen-bond acceptors (Lipinski definition) is 3. The molecule has 0 atom stereocenters. The summed E-state index contributed by atoms with van der Waals surface area (Å²) >= 11 is 1.34. The minimum atomic E-state index is -0.262. The molecule has 1 aromatic rings. The first-order valence-electron chi connectivity index (χ1n) is 5.86. The maximum absolute atomic E-state index is 11.5. The zero-order chi connectivity index (χ0) is 12.5. The molecule has 2 N–H and O–H groups in total. The summed E-state index contributed by atoms with van der Waals surface area (Å²) in [6, 6.07) is 3.51. The summed E-state index contributed by atoms with van der Waals surface area (Å²) in [5.41, 5.74) is 4.81. The van der Waals surface area contributed by atoms with E-state index >= 15 is 0 Å². The second-order valence-electron chi connectivity index (χ2n) is 3.79. The van der Waals surface area contributed by atoms with Gasteiger partial charge in [0.2, 0.25) is 5.91 Å². The van der Waals surface area contributed by atoms with Crippen LogP contribution in [0.4, 0.5) is 0 Å². The Balaban J connectivity index is 2.13. The Morgan fingerprint density at radius 3 is 2.71 bits per heavy atom. The van der Waals surface area contributed by atoms with Crippen molar-refractivity contribution < 1.29 is 9.59 Å². The Hall–Kier alpha value is -1.36. The molecule has 0 unspecified atom stereocenters. The summed E-state index contributed by atoms with van der Waals surface area (Å²) in [5, 5.41) is 1.82. The van der Waals surface area contributed by atoms with Crippen LogP contribution in [-0.4, -0.2) is 11.8 Å². The van der Waals surface area contributed by atoms with Gasteiger partial charge in [-0.15, -0.1) is 11.3 Å². The summed E-state index contributed by atoms with van der Waals surface area (Å²) < 4.78 is 0. The van der Waals surface area contributed by atoms with Gasteiger partial charge in [-0.25, -0.2) is 0 Å². The first kappa shape index (κ1) is 13.7. The van der Waals surface area contributed by atoms with Crippen molar-refractivity contribution in [3.63, 3.8) is 0 Å². The minimum absolute atomic E-state index is 0.133. The van der Waals surface area contributed by atoms with Crippen molar-refractivity contribution in [1.82, 2.24) is 10.9 Å². The maximum atomic E-state index is 11.5. The van der Waals surface area contributed by atoms with E-state index < -0.39 is 0 Å². The second kappa shape index (κ2) is 7.84. The first-order chi connectivity index (χ1) is 8.24. The van der Waals surface area contributed by atoms with Gasteiger partial charge in [0, 0.05) is 6.42 Å². The van der Waals surface area contributed by atoms with Gasteiger partial charge in [-0.2, -0.15) is 0 Å². The van der Waals surface area contributed by atoms with Gasteiger partial charge in [-0.3, -0.25) is 20.4 Å². The molecule has 0 aliphatic heterocycles. The normalized spacial score (nSPS) is 9.94. The van der Waals surface area contributed by atoms with Crippen LogP contribution in [0.25, 0.3) is 0 Å². The quantitative estimate of drug-likeness (QED) is 0.605. The van der Waals surface area contributed by atoms with E-state index in [0.717, 1.165) is 25.7 Å². The largest absolute Gasteiger partial charge is 0.279 e. The molecule has 1 heterocycles. The van der Waals surface area contributed by atoms with Crippen LogP contribution in [-0.2, 0) is 4.79 Å². The van der Waals surface area contributed by atoms with E-state index in [2.05, 4.69) is 17.8 Å². The highest BCUT2D eigenvalue weighted by atomic mass is 32.1. The molecule has 2 amide bonds. The van der Waals surface area contributed by atoms with E-state index in [1.54, 1.807) is 12.1 Å². The summed E-state index contributed by atoms with van der Waals surface area (Å²) in [4.78, 5) is 23.4. The summed E-state index contributed by atoms with van der Waals surface area (Å²) in [6.45, 7) is 2.13. The summed E-state index contributed by atoms with van der Waals surface area (Å²) in [5.74, 6) is -0.395. The van der Waals surface area contributed by atoms with E-state index in [0.29, 0.717) is 11.3 Å². The number of nitrogens with one attached hydrogen (secondary N) is 2. The van der Waals surface area contributed by atoms with Gasteiger partial charge in [0.25, 0.3) is 5.91 Å². The number of carbonyl (C=O) groups excluding carboxylic acids is 2. The number of rotatable bonds is 6. The van der Waals surface area contributed by atoms with Crippen LogP contribution < -0.4 is 10.9 Å². The number of hydrogen-bond donors (Lipinski definition) is 2. The topological polar surface area (TPSA) is 58.2 Å². The Morgan fingerprint density at radius 1 is 1.24 bits per heavy atom. The molecular formula is C12H18N2O2S. The van der Waals surface area contributed by atoms with Crippen LogP contribution in [0.1, 0.15) is 48.7 Å². The van der Waals surface area contributed by atoms with Crippen LogP contribution >= 0.6 is 11.3 Å². The lowest BCUT2D eigenvalue weighted by Gasteiger charge is -2.05. The molecule has 4 nitrogen and oxygen atoms in total. The molecule has 0 aliphatic rings. The van der Waals surface area contributed by atoms with Crippen molar-refractivity contribution in [3.05, 3.63) is 22.4 Å². The van der Waals surface area contributed by atoms with Gasteiger partial charge >= 0.3 is 0 Å². The zero-order valence-corrected chi connectivity index (χ0v) is 10.8. The second-order valence-corrected chi connectivity index (χ2v) is 4.74. The number of amides is 2. The molecule has 0 fully saturated rings. The average Bonchev–Trinajstić information content (AvgIpc) is 2.85. The highest BCUT2D eigenvalue weighted by Gasteiger charge is 2.07. The molecule has 94 valence electrons. The maximum Gasteiger partial charge on any atom is 0.279 e. The van der Waals surface area contributed by atoms with Crippen LogP contribution in [0.15, 0.2) is 17.5 Å². The minimum Gasteiger partial charge on any atom is -0.273 e. The number of hydrazine groups is 1. The number of unbranched alkanes of at least 4 members (excludes halogenated alkanes) is 3. The van der Waals surface area contributed by atoms with E-state index in [1.165, 1.54) is 11.3 Å². The van der Waals surface area contributed by atoms with Gasteiger partial charge in [0.05, 0.1) is 4.88 Å². The molecule has 0 saturated heterocycles. The molecule has 1 rings (SSSR count). The predicted octanol–water partition coefficient (Wildman–Crippen LogP) is 2.48. The SMILES string of the molecule is CCCCCCC(=O)NNC(=O)c1cccs1. The first-order valence-corrected chi connectivity index (χ1v) is 6.74.